The van der Waals surface area contributed by atoms with Gasteiger partial charge in [0.2, 0.25) is 5.91 Å². The molecular formula is C15H24N2O2S. The molecule has 0 aliphatic rings. The molecule has 0 saturated heterocycles. The van der Waals surface area contributed by atoms with E-state index in [1.807, 2.05) is 31.2 Å². The first-order valence-electron chi connectivity index (χ1n) is 6.83. The molecular weight excluding hydrogens is 272 g/mol. The molecule has 0 spiro atoms. The van der Waals surface area contributed by atoms with Crippen LogP contribution < -0.4 is 15.8 Å². The van der Waals surface area contributed by atoms with Crippen molar-refractivity contribution in [1.29, 1.82) is 0 Å². The molecule has 1 atom stereocenters. The number of thioether (sulfide) groups is 1. The number of methoxy groups -OCH3 is 1. The molecule has 0 aliphatic carbocycles. The largest absolute Gasteiger partial charge is 0.497 e. The first kappa shape index (κ1) is 16.9. The highest BCUT2D eigenvalue weighted by atomic mass is 32.2. The van der Waals surface area contributed by atoms with E-state index >= 15 is 0 Å². The second-order valence-electron chi connectivity index (χ2n) is 4.90. The van der Waals surface area contributed by atoms with E-state index in [9.17, 15) is 4.79 Å². The Bertz CT molecular complexity index is 440. The van der Waals surface area contributed by atoms with Gasteiger partial charge in [0, 0.05) is 10.6 Å². The van der Waals surface area contributed by atoms with Crippen molar-refractivity contribution in [3.05, 3.63) is 24.3 Å². The third-order valence-corrected chi connectivity index (χ3v) is 4.22. The van der Waals surface area contributed by atoms with Crippen LogP contribution in [0.25, 0.3) is 0 Å². The maximum atomic E-state index is 11.6. The van der Waals surface area contributed by atoms with Crippen LogP contribution in [0.2, 0.25) is 0 Å². The summed E-state index contributed by atoms with van der Waals surface area (Å²) in [5, 5.41) is 3.24. The minimum absolute atomic E-state index is 0.294. The number of carbonyl (C=O) groups excluding carboxylic acids is 1. The molecule has 1 amide bonds. The fraction of sp³-hybridized carbons (Fsp3) is 0.533. The molecule has 20 heavy (non-hydrogen) atoms. The minimum Gasteiger partial charge on any atom is -0.497 e. The Balaban J connectivity index is 2.53. The highest BCUT2D eigenvalue weighted by molar-refractivity contribution is 7.99. The van der Waals surface area contributed by atoms with Crippen LogP contribution in [0, 0.1) is 0 Å². The number of primary amides is 1. The maximum absolute atomic E-state index is 11.6. The van der Waals surface area contributed by atoms with Crippen molar-refractivity contribution in [3.8, 4) is 5.75 Å². The Morgan fingerprint density at radius 2 is 2.25 bits per heavy atom. The Morgan fingerprint density at radius 3 is 2.85 bits per heavy atom. The normalized spacial score (nSPS) is 13.8. The average molecular weight is 296 g/mol. The number of nitrogens with two attached hydrogens (primary N) is 1. The van der Waals surface area contributed by atoms with Crippen LogP contribution >= 0.6 is 11.8 Å². The quantitative estimate of drug-likeness (QED) is 0.687. The van der Waals surface area contributed by atoms with E-state index in [2.05, 4.69) is 12.2 Å². The molecule has 3 N–H and O–H groups in total. The van der Waals surface area contributed by atoms with E-state index in [1.165, 1.54) is 0 Å². The van der Waals surface area contributed by atoms with Crippen molar-refractivity contribution >= 4 is 17.7 Å². The lowest BCUT2D eigenvalue weighted by atomic mass is 9.98. The fourth-order valence-corrected chi connectivity index (χ4v) is 2.88. The van der Waals surface area contributed by atoms with Crippen LogP contribution in [0.1, 0.15) is 26.7 Å². The van der Waals surface area contributed by atoms with Gasteiger partial charge in [0.1, 0.15) is 5.75 Å². The highest BCUT2D eigenvalue weighted by Gasteiger charge is 2.29. The van der Waals surface area contributed by atoms with Crippen molar-refractivity contribution in [2.75, 3.05) is 19.4 Å². The van der Waals surface area contributed by atoms with Crippen molar-refractivity contribution in [3.63, 3.8) is 0 Å². The van der Waals surface area contributed by atoms with Crippen LogP contribution in [-0.4, -0.2) is 30.9 Å². The number of benzene rings is 1. The van der Waals surface area contributed by atoms with Gasteiger partial charge in [-0.2, -0.15) is 0 Å². The Labute approximate surface area is 125 Å². The predicted molar refractivity (Wildman–Crippen MR) is 84.2 cm³/mol. The standard InChI is InChI=1S/C15H24N2O2S/c1-4-9-17-15(2,14(16)18)8-10-20-13-7-5-6-12(11-13)19-3/h5-7,11,17H,4,8-10H2,1-3H3,(H2,16,18). The smallest absolute Gasteiger partial charge is 0.237 e. The van der Waals surface area contributed by atoms with E-state index < -0.39 is 5.54 Å². The number of rotatable bonds is 9. The lowest BCUT2D eigenvalue weighted by Gasteiger charge is -2.27. The summed E-state index contributed by atoms with van der Waals surface area (Å²) in [7, 11) is 1.66. The van der Waals surface area contributed by atoms with E-state index in [0.29, 0.717) is 6.42 Å². The van der Waals surface area contributed by atoms with Crippen LogP contribution in [0.3, 0.4) is 0 Å². The summed E-state index contributed by atoms with van der Waals surface area (Å²) in [6.45, 7) is 4.74. The Hall–Kier alpha value is -1.20. The lowest BCUT2D eigenvalue weighted by Crippen LogP contribution is -2.53. The van der Waals surface area contributed by atoms with E-state index in [1.54, 1.807) is 18.9 Å². The number of nitrogens with one attached hydrogen (secondary N) is 1. The third-order valence-electron chi connectivity index (χ3n) is 3.22. The number of carbonyl (C=O) groups is 1. The third kappa shape index (κ3) is 5.06. The summed E-state index contributed by atoms with van der Waals surface area (Å²) in [5.74, 6) is 1.37. The molecule has 0 bridgehead atoms. The summed E-state index contributed by atoms with van der Waals surface area (Å²) in [6.07, 6.45) is 1.68. The zero-order chi connectivity index (χ0) is 15.0. The van der Waals surface area contributed by atoms with E-state index in [-0.39, 0.29) is 5.91 Å². The molecule has 1 aromatic carbocycles. The summed E-state index contributed by atoms with van der Waals surface area (Å²) < 4.78 is 5.19. The predicted octanol–water partition coefficient (Wildman–Crippen LogP) is 2.42. The molecule has 5 heteroatoms. The first-order chi connectivity index (χ1) is 9.51. The average Bonchev–Trinajstić information content (AvgIpc) is 2.45. The molecule has 0 radical (unpaired) electrons. The maximum Gasteiger partial charge on any atom is 0.237 e. The monoisotopic (exact) mass is 296 g/mol. The summed E-state index contributed by atoms with van der Waals surface area (Å²) in [6, 6.07) is 7.91. The van der Waals surface area contributed by atoms with Gasteiger partial charge in [-0.3, -0.25) is 4.79 Å². The number of hydrogen-bond donors (Lipinski definition) is 2. The van der Waals surface area contributed by atoms with Crippen molar-refractivity contribution < 1.29 is 9.53 Å². The van der Waals surface area contributed by atoms with Gasteiger partial charge in [-0.1, -0.05) is 13.0 Å². The van der Waals surface area contributed by atoms with Gasteiger partial charge in [0.15, 0.2) is 0 Å². The molecule has 1 aromatic rings. The fourth-order valence-electron chi connectivity index (χ4n) is 1.76. The van der Waals surface area contributed by atoms with Crippen LogP contribution in [-0.2, 0) is 4.79 Å². The van der Waals surface area contributed by atoms with Gasteiger partial charge < -0.3 is 15.8 Å². The van der Waals surface area contributed by atoms with Gasteiger partial charge in [0.05, 0.1) is 12.6 Å². The van der Waals surface area contributed by atoms with Crippen LogP contribution in [0.5, 0.6) is 5.75 Å². The second kappa shape index (κ2) is 8.17. The number of hydrogen-bond acceptors (Lipinski definition) is 4. The first-order valence-corrected chi connectivity index (χ1v) is 7.82. The second-order valence-corrected chi connectivity index (χ2v) is 6.07. The topological polar surface area (TPSA) is 64.3 Å². The molecule has 0 aliphatic heterocycles. The number of amides is 1. The molecule has 1 rings (SSSR count). The van der Waals surface area contributed by atoms with Crippen molar-refractivity contribution in [1.82, 2.24) is 5.32 Å². The molecule has 0 saturated carbocycles. The molecule has 1 unspecified atom stereocenters. The molecule has 0 fully saturated rings. The Morgan fingerprint density at radius 1 is 1.50 bits per heavy atom. The van der Waals surface area contributed by atoms with Gasteiger partial charge in [-0.05, 0) is 44.5 Å². The summed E-state index contributed by atoms with van der Waals surface area (Å²) >= 11 is 1.70. The minimum atomic E-state index is -0.637. The molecule has 0 aromatic heterocycles. The van der Waals surface area contributed by atoms with Gasteiger partial charge >= 0.3 is 0 Å². The van der Waals surface area contributed by atoms with Crippen LogP contribution in [0.4, 0.5) is 0 Å². The lowest BCUT2D eigenvalue weighted by molar-refractivity contribution is -0.123. The van der Waals surface area contributed by atoms with Crippen LogP contribution in [0.15, 0.2) is 29.2 Å². The highest BCUT2D eigenvalue weighted by Crippen LogP contribution is 2.25. The molecule has 0 heterocycles. The van der Waals surface area contributed by atoms with E-state index in [4.69, 9.17) is 10.5 Å². The zero-order valence-corrected chi connectivity index (χ0v) is 13.3. The zero-order valence-electron chi connectivity index (χ0n) is 12.4. The summed E-state index contributed by atoms with van der Waals surface area (Å²) in [4.78, 5) is 12.7. The van der Waals surface area contributed by atoms with Gasteiger partial charge in [-0.25, -0.2) is 0 Å². The SMILES string of the molecule is CCCNC(C)(CCSc1cccc(OC)c1)C(N)=O. The molecule has 112 valence electrons. The van der Waals surface area contributed by atoms with Gasteiger partial charge in [0.25, 0.3) is 0 Å². The van der Waals surface area contributed by atoms with Crippen molar-refractivity contribution in [2.24, 2.45) is 5.73 Å². The van der Waals surface area contributed by atoms with Gasteiger partial charge in [-0.15, -0.1) is 11.8 Å². The number of ether oxygens (including phenoxy) is 1. The molecule has 4 nitrogen and oxygen atoms in total. The Kier molecular flexibility index (Phi) is 6.88. The van der Waals surface area contributed by atoms with E-state index in [0.717, 1.165) is 29.4 Å². The van der Waals surface area contributed by atoms with Crippen molar-refractivity contribution in [2.45, 2.75) is 37.1 Å². The summed E-state index contributed by atoms with van der Waals surface area (Å²) in [5.41, 5.74) is 4.87.